The van der Waals surface area contributed by atoms with Crippen molar-refractivity contribution in [3.63, 3.8) is 0 Å². The molecule has 2 atom stereocenters. The molecule has 0 radical (unpaired) electrons. The molecular weight excluding hydrogens is 288 g/mol. The van der Waals surface area contributed by atoms with E-state index >= 15 is 0 Å². The number of rotatable bonds is 5. The van der Waals surface area contributed by atoms with Crippen LogP contribution < -0.4 is 5.32 Å². The third kappa shape index (κ3) is 3.51. The number of carbonyl (C=O) groups excluding carboxylic acids is 1. The molecule has 0 unspecified atom stereocenters. The Morgan fingerprint density at radius 1 is 1.39 bits per heavy atom. The molecule has 1 aromatic heterocycles. The van der Waals surface area contributed by atoms with Gasteiger partial charge in [0.25, 0.3) is 0 Å². The van der Waals surface area contributed by atoms with Gasteiger partial charge in [0.1, 0.15) is 0 Å². The fourth-order valence-corrected chi connectivity index (χ4v) is 3.27. The van der Waals surface area contributed by atoms with Crippen LogP contribution in [0.4, 0.5) is 0 Å². The Morgan fingerprint density at radius 2 is 2.17 bits per heavy atom. The monoisotopic (exact) mass is 310 g/mol. The number of nitrogens with one attached hydrogen (secondary N) is 1. The van der Waals surface area contributed by atoms with Crippen LogP contribution >= 0.6 is 0 Å². The number of imidazole rings is 1. The second-order valence-corrected chi connectivity index (χ2v) is 6.03. The van der Waals surface area contributed by atoms with Crippen molar-refractivity contribution in [1.29, 1.82) is 0 Å². The minimum atomic E-state index is -0.122. The number of nitrogens with zero attached hydrogens (tertiary/aromatic N) is 3. The summed E-state index contributed by atoms with van der Waals surface area (Å²) in [6.45, 7) is 6.16. The van der Waals surface area contributed by atoms with Crippen LogP contribution in [-0.4, -0.2) is 39.5 Å². The van der Waals surface area contributed by atoms with Gasteiger partial charge in [0.2, 0.25) is 5.91 Å². The number of likely N-dealkylation sites (tertiary alicyclic amines) is 1. The predicted octanol–water partition coefficient (Wildman–Crippen LogP) is 1.69. The Kier molecular flexibility index (Phi) is 4.57. The van der Waals surface area contributed by atoms with Crippen LogP contribution in [0.25, 0.3) is 0 Å². The van der Waals surface area contributed by atoms with Crippen LogP contribution in [0, 0.1) is 0 Å². The highest BCUT2D eigenvalue weighted by atomic mass is 16.1. The van der Waals surface area contributed by atoms with Gasteiger partial charge >= 0.3 is 0 Å². The van der Waals surface area contributed by atoms with Crippen molar-refractivity contribution in [3.05, 3.63) is 66.8 Å². The maximum Gasteiger partial charge on any atom is 0.243 e. The highest BCUT2D eigenvalue weighted by Gasteiger charge is 2.35. The summed E-state index contributed by atoms with van der Waals surface area (Å²) in [5.41, 5.74) is 2.43. The number of benzene rings is 1. The van der Waals surface area contributed by atoms with Crippen molar-refractivity contribution in [2.24, 2.45) is 7.05 Å². The first-order valence-corrected chi connectivity index (χ1v) is 7.83. The SMILES string of the molecule is C=CC(=O)N[C@@H]1CN(Cc2ccccc2)C[C@H]1c1cncn1C. The second kappa shape index (κ2) is 6.79. The van der Waals surface area contributed by atoms with Crippen molar-refractivity contribution in [2.45, 2.75) is 18.5 Å². The summed E-state index contributed by atoms with van der Waals surface area (Å²) in [6.07, 6.45) is 5.03. The quantitative estimate of drug-likeness (QED) is 0.855. The summed E-state index contributed by atoms with van der Waals surface area (Å²) in [6, 6.07) is 10.5. The first-order chi connectivity index (χ1) is 11.2. The average molecular weight is 310 g/mol. The van der Waals surface area contributed by atoms with Crippen LogP contribution in [0.1, 0.15) is 17.2 Å². The third-order valence-electron chi connectivity index (χ3n) is 4.39. The molecule has 3 rings (SSSR count). The van der Waals surface area contributed by atoms with Gasteiger partial charge in [-0.15, -0.1) is 0 Å². The van der Waals surface area contributed by atoms with E-state index in [0.717, 1.165) is 25.3 Å². The van der Waals surface area contributed by atoms with E-state index in [4.69, 9.17) is 0 Å². The van der Waals surface area contributed by atoms with Gasteiger partial charge in [0.05, 0.1) is 12.4 Å². The molecule has 1 saturated heterocycles. The first kappa shape index (κ1) is 15.5. The molecule has 1 aromatic carbocycles. The van der Waals surface area contributed by atoms with Crippen LogP contribution in [0.5, 0.6) is 0 Å². The summed E-state index contributed by atoms with van der Waals surface area (Å²) in [5, 5.41) is 3.07. The van der Waals surface area contributed by atoms with E-state index < -0.39 is 0 Å². The highest BCUT2D eigenvalue weighted by molar-refractivity contribution is 5.87. The Labute approximate surface area is 136 Å². The predicted molar refractivity (Wildman–Crippen MR) is 89.8 cm³/mol. The minimum absolute atomic E-state index is 0.0691. The van der Waals surface area contributed by atoms with Gasteiger partial charge in [0, 0.05) is 44.5 Å². The van der Waals surface area contributed by atoms with Gasteiger partial charge in [-0.2, -0.15) is 0 Å². The summed E-state index contributed by atoms with van der Waals surface area (Å²) >= 11 is 0. The smallest absolute Gasteiger partial charge is 0.243 e. The molecule has 0 aliphatic carbocycles. The zero-order valence-electron chi connectivity index (χ0n) is 13.4. The molecular formula is C18H22N4O. The molecule has 120 valence electrons. The number of aryl methyl sites for hydroxylation is 1. The van der Waals surface area contributed by atoms with Crippen molar-refractivity contribution in [1.82, 2.24) is 19.8 Å². The topological polar surface area (TPSA) is 50.2 Å². The van der Waals surface area contributed by atoms with Crippen LogP contribution in [0.15, 0.2) is 55.5 Å². The standard InChI is InChI=1S/C18H22N4O/c1-3-18(23)20-16-12-22(10-14-7-5-4-6-8-14)11-15(16)17-9-19-13-21(17)2/h3-9,13,15-16H,1,10-12H2,2H3,(H,20,23)/t15-,16-/m1/s1. The van der Waals surface area contributed by atoms with E-state index in [-0.39, 0.29) is 17.9 Å². The van der Waals surface area contributed by atoms with Crippen LogP contribution in [-0.2, 0) is 18.4 Å². The van der Waals surface area contributed by atoms with Gasteiger partial charge < -0.3 is 9.88 Å². The molecule has 5 heteroatoms. The second-order valence-electron chi connectivity index (χ2n) is 6.03. The Bertz CT molecular complexity index is 679. The number of aromatic nitrogens is 2. The molecule has 1 fully saturated rings. The van der Waals surface area contributed by atoms with Gasteiger partial charge in [-0.1, -0.05) is 36.9 Å². The van der Waals surface area contributed by atoms with Gasteiger partial charge in [-0.05, 0) is 11.6 Å². The van der Waals surface area contributed by atoms with Crippen LogP contribution in [0.3, 0.4) is 0 Å². The average Bonchev–Trinajstić information content (AvgIpc) is 3.14. The van der Waals surface area contributed by atoms with Gasteiger partial charge in [-0.25, -0.2) is 4.98 Å². The van der Waals surface area contributed by atoms with E-state index in [1.807, 2.05) is 30.2 Å². The minimum Gasteiger partial charge on any atom is -0.348 e. The fraction of sp³-hybridized carbons (Fsp3) is 0.333. The van der Waals surface area contributed by atoms with E-state index in [1.165, 1.54) is 11.6 Å². The van der Waals surface area contributed by atoms with Gasteiger partial charge in [0.15, 0.2) is 0 Å². The summed E-state index contributed by atoms with van der Waals surface area (Å²) in [4.78, 5) is 18.4. The molecule has 1 aliphatic heterocycles. The molecule has 0 saturated carbocycles. The molecule has 0 spiro atoms. The lowest BCUT2D eigenvalue weighted by molar-refractivity contribution is -0.117. The molecule has 1 aliphatic rings. The molecule has 1 N–H and O–H groups in total. The highest BCUT2D eigenvalue weighted by Crippen LogP contribution is 2.28. The normalized spacial score (nSPS) is 21.3. The lowest BCUT2D eigenvalue weighted by Crippen LogP contribution is -2.39. The van der Waals surface area contributed by atoms with E-state index in [1.54, 1.807) is 0 Å². The first-order valence-electron chi connectivity index (χ1n) is 7.83. The van der Waals surface area contributed by atoms with E-state index in [9.17, 15) is 4.79 Å². The summed E-state index contributed by atoms with van der Waals surface area (Å²) in [5.74, 6) is 0.110. The molecule has 2 aromatic rings. The van der Waals surface area contributed by atoms with Crippen molar-refractivity contribution in [3.8, 4) is 0 Å². The van der Waals surface area contributed by atoms with Crippen LogP contribution in [0.2, 0.25) is 0 Å². The van der Waals surface area contributed by atoms with Crippen molar-refractivity contribution >= 4 is 5.91 Å². The lowest BCUT2D eigenvalue weighted by atomic mass is 10.00. The number of hydrogen-bond acceptors (Lipinski definition) is 3. The summed E-state index contributed by atoms with van der Waals surface area (Å²) in [7, 11) is 1.99. The molecule has 2 heterocycles. The van der Waals surface area contributed by atoms with E-state index in [2.05, 4.69) is 46.0 Å². The Hall–Kier alpha value is -2.40. The molecule has 1 amide bonds. The Morgan fingerprint density at radius 3 is 2.83 bits per heavy atom. The zero-order chi connectivity index (χ0) is 16.2. The molecule has 5 nitrogen and oxygen atoms in total. The lowest BCUT2D eigenvalue weighted by Gasteiger charge is -2.19. The zero-order valence-corrected chi connectivity index (χ0v) is 13.4. The van der Waals surface area contributed by atoms with Crippen molar-refractivity contribution < 1.29 is 4.79 Å². The number of carbonyl (C=O) groups is 1. The van der Waals surface area contributed by atoms with E-state index in [0.29, 0.717) is 0 Å². The molecule has 23 heavy (non-hydrogen) atoms. The maximum absolute atomic E-state index is 11.8. The maximum atomic E-state index is 11.8. The largest absolute Gasteiger partial charge is 0.348 e. The van der Waals surface area contributed by atoms with Crippen molar-refractivity contribution in [2.75, 3.05) is 13.1 Å². The number of hydrogen-bond donors (Lipinski definition) is 1. The fourth-order valence-electron chi connectivity index (χ4n) is 3.27. The molecule has 0 bridgehead atoms. The van der Waals surface area contributed by atoms with Gasteiger partial charge in [-0.3, -0.25) is 9.69 Å². The third-order valence-corrected chi connectivity index (χ3v) is 4.39. The Balaban J connectivity index is 1.77. The number of amides is 1. The summed E-state index contributed by atoms with van der Waals surface area (Å²) < 4.78 is 2.03.